The van der Waals surface area contributed by atoms with E-state index >= 15 is 0 Å². The SMILES string of the molecule is COc1ccc(N(C(=O)c2snc(C(N)=O)c2N)[C@@H](C(=O)NC2CCCC2)c2ccc(N(C)C)cc2)cc1OC. The number of nitrogens with zero attached hydrogens (tertiary/aromatic N) is 3. The van der Waals surface area contributed by atoms with Crippen LogP contribution in [0.15, 0.2) is 42.5 Å². The monoisotopic (exact) mass is 566 g/mol. The van der Waals surface area contributed by atoms with Crippen LogP contribution in [0.3, 0.4) is 0 Å². The van der Waals surface area contributed by atoms with E-state index in [-0.39, 0.29) is 28.2 Å². The van der Waals surface area contributed by atoms with Gasteiger partial charge in [-0.3, -0.25) is 19.3 Å². The molecule has 1 aliphatic carbocycles. The Morgan fingerprint density at radius 3 is 2.17 bits per heavy atom. The first-order valence-electron chi connectivity index (χ1n) is 12.8. The number of methoxy groups -OCH3 is 2. The first kappa shape index (κ1) is 28.7. The minimum Gasteiger partial charge on any atom is -0.493 e. The second kappa shape index (κ2) is 12.2. The summed E-state index contributed by atoms with van der Waals surface area (Å²) in [6.45, 7) is 0. The molecule has 212 valence electrons. The van der Waals surface area contributed by atoms with Gasteiger partial charge in [-0.1, -0.05) is 25.0 Å². The zero-order valence-corrected chi connectivity index (χ0v) is 23.8. The van der Waals surface area contributed by atoms with E-state index in [9.17, 15) is 14.4 Å². The molecule has 3 amide bonds. The molecule has 2 aromatic carbocycles. The van der Waals surface area contributed by atoms with E-state index in [4.69, 9.17) is 20.9 Å². The van der Waals surface area contributed by atoms with Gasteiger partial charge in [0, 0.05) is 37.6 Å². The Kier molecular flexibility index (Phi) is 8.78. The van der Waals surface area contributed by atoms with Crippen LogP contribution < -0.4 is 36.1 Å². The van der Waals surface area contributed by atoms with E-state index < -0.39 is 17.9 Å². The number of nitrogen functional groups attached to an aromatic ring is 1. The topological polar surface area (TPSA) is 153 Å². The number of ether oxygens (including phenoxy) is 2. The molecule has 40 heavy (non-hydrogen) atoms. The predicted molar refractivity (Wildman–Crippen MR) is 155 cm³/mol. The molecule has 0 saturated heterocycles. The summed E-state index contributed by atoms with van der Waals surface area (Å²) in [7, 11) is 6.83. The largest absolute Gasteiger partial charge is 0.493 e. The maximum absolute atomic E-state index is 14.3. The summed E-state index contributed by atoms with van der Waals surface area (Å²) in [4.78, 5) is 43.5. The highest BCUT2D eigenvalue weighted by Gasteiger charge is 2.37. The molecule has 0 spiro atoms. The average Bonchev–Trinajstić information content (AvgIpc) is 3.60. The minimum absolute atomic E-state index is 0.00726. The second-order valence-corrected chi connectivity index (χ2v) is 10.5. The molecule has 1 aliphatic rings. The normalized spacial score (nSPS) is 13.9. The summed E-state index contributed by atoms with van der Waals surface area (Å²) in [5, 5.41) is 3.14. The predicted octanol–water partition coefficient (Wildman–Crippen LogP) is 3.35. The van der Waals surface area contributed by atoms with Gasteiger partial charge in [0.25, 0.3) is 11.8 Å². The molecular weight excluding hydrogens is 532 g/mol. The van der Waals surface area contributed by atoms with Crippen LogP contribution in [0.5, 0.6) is 11.5 Å². The smallest absolute Gasteiger partial charge is 0.273 e. The second-order valence-electron chi connectivity index (χ2n) is 9.73. The number of benzene rings is 2. The molecule has 0 aliphatic heterocycles. The number of nitrogens with one attached hydrogen (secondary N) is 1. The number of aromatic nitrogens is 1. The molecule has 1 aromatic heterocycles. The molecule has 5 N–H and O–H groups in total. The van der Waals surface area contributed by atoms with Crippen LogP contribution in [-0.4, -0.2) is 56.5 Å². The van der Waals surface area contributed by atoms with Crippen molar-refractivity contribution in [3.05, 3.63) is 58.6 Å². The standard InChI is InChI=1S/C28H34N6O5S/c1-33(2)18-11-9-16(10-12-18)24(27(36)31-17-7-5-6-8-17)34(19-13-14-20(38-3)21(15-19)39-4)28(37)25-22(29)23(26(30)35)32-40-25/h9-15,17,24H,5-8,29H2,1-4H3,(H2,30,35)(H,31,36)/t24-/m1/s1. The molecule has 1 atom stereocenters. The molecule has 0 radical (unpaired) electrons. The van der Waals surface area contributed by atoms with E-state index in [0.717, 1.165) is 42.9 Å². The Bertz CT molecular complexity index is 1380. The van der Waals surface area contributed by atoms with Crippen molar-refractivity contribution < 1.29 is 23.9 Å². The third-order valence-electron chi connectivity index (χ3n) is 6.95. The molecular formula is C28H34N6O5S. The molecule has 4 rings (SSSR count). The highest BCUT2D eigenvalue weighted by atomic mass is 32.1. The van der Waals surface area contributed by atoms with E-state index in [0.29, 0.717) is 22.7 Å². The van der Waals surface area contributed by atoms with Gasteiger partial charge in [-0.25, -0.2) is 0 Å². The Hall–Kier alpha value is -4.32. The highest BCUT2D eigenvalue weighted by Crippen LogP contribution is 2.38. The van der Waals surface area contributed by atoms with Crippen LogP contribution >= 0.6 is 11.5 Å². The van der Waals surface area contributed by atoms with Crippen LogP contribution in [0.1, 0.15) is 57.4 Å². The number of primary amides is 1. The van der Waals surface area contributed by atoms with Crippen molar-refractivity contribution in [2.45, 2.75) is 37.8 Å². The number of carbonyl (C=O) groups excluding carboxylic acids is 3. The first-order valence-corrected chi connectivity index (χ1v) is 13.6. The third kappa shape index (κ3) is 5.81. The van der Waals surface area contributed by atoms with Crippen molar-refractivity contribution in [3.8, 4) is 11.5 Å². The van der Waals surface area contributed by atoms with Gasteiger partial charge >= 0.3 is 0 Å². The number of anilines is 3. The van der Waals surface area contributed by atoms with E-state index in [1.54, 1.807) is 18.2 Å². The Morgan fingerprint density at radius 1 is 1.00 bits per heavy atom. The molecule has 1 fully saturated rings. The molecule has 1 heterocycles. The zero-order valence-electron chi connectivity index (χ0n) is 23.0. The van der Waals surface area contributed by atoms with Crippen LogP contribution in [0, 0.1) is 0 Å². The van der Waals surface area contributed by atoms with E-state index in [2.05, 4.69) is 9.69 Å². The van der Waals surface area contributed by atoms with Crippen LogP contribution in [0.2, 0.25) is 0 Å². The number of rotatable bonds is 10. The van der Waals surface area contributed by atoms with Gasteiger partial charge in [-0.15, -0.1) is 0 Å². The Morgan fingerprint density at radius 2 is 1.62 bits per heavy atom. The lowest BCUT2D eigenvalue weighted by molar-refractivity contribution is -0.123. The van der Waals surface area contributed by atoms with E-state index in [1.165, 1.54) is 19.1 Å². The fourth-order valence-corrected chi connectivity index (χ4v) is 5.56. The Balaban J connectivity index is 1.90. The lowest BCUT2D eigenvalue weighted by Gasteiger charge is -2.32. The number of hydrogen-bond acceptors (Lipinski definition) is 9. The van der Waals surface area contributed by atoms with Crippen molar-refractivity contribution in [1.82, 2.24) is 9.69 Å². The number of nitrogens with two attached hydrogens (primary N) is 2. The maximum atomic E-state index is 14.3. The summed E-state index contributed by atoms with van der Waals surface area (Å²) in [6.07, 6.45) is 3.79. The quantitative estimate of drug-likeness (QED) is 0.338. The average molecular weight is 567 g/mol. The summed E-state index contributed by atoms with van der Waals surface area (Å²) < 4.78 is 14.9. The number of hydrogen-bond donors (Lipinski definition) is 3. The summed E-state index contributed by atoms with van der Waals surface area (Å²) >= 11 is 0.755. The van der Waals surface area contributed by atoms with Crippen molar-refractivity contribution in [2.75, 3.05) is 43.8 Å². The van der Waals surface area contributed by atoms with Crippen molar-refractivity contribution in [3.63, 3.8) is 0 Å². The van der Waals surface area contributed by atoms with Gasteiger partial charge < -0.3 is 31.2 Å². The molecule has 1 saturated carbocycles. The molecule has 12 heteroatoms. The first-order chi connectivity index (χ1) is 19.2. The summed E-state index contributed by atoms with van der Waals surface area (Å²) in [5.41, 5.74) is 13.1. The van der Waals surface area contributed by atoms with Gasteiger partial charge in [0.1, 0.15) is 10.9 Å². The van der Waals surface area contributed by atoms with Crippen molar-refractivity contribution in [2.24, 2.45) is 5.73 Å². The maximum Gasteiger partial charge on any atom is 0.273 e. The van der Waals surface area contributed by atoms with Gasteiger partial charge in [-0.2, -0.15) is 4.37 Å². The van der Waals surface area contributed by atoms with E-state index in [1.807, 2.05) is 43.3 Å². The molecule has 0 bridgehead atoms. The van der Waals surface area contributed by atoms with Crippen molar-refractivity contribution >= 4 is 46.3 Å². The molecule has 3 aromatic rings. The fraction of sp³-hybridized carbons (Fsp3) is 0.357. The number of carbonyl (C=O) groups is 3. The molecule has 11 nitrogen and oxygen atoms in total. The van der Waals surface area contributed by atoms with Crippen LogP contribution in [-0.2, 0) is 4.79 Å². The lowest BCUT2D eigenvalue weighted by atomic mass is 10.0. The zero-order chi connectivity index (χ0) is 29.0. The van der Waals surface area contributed by atoms with Crippen LogP contribution in [0.4, 0.5) is 17.1 Å². The third-order valence-corrected chi connectivity index (χ3v) is 7.80. The highest BCUT2D eigenvalue weighted by molar-refractivity contribution is 7.09. The van der Waals surface area contributed by atoms with Gasteiger partial charge in [-0.05, 0) is 54.2 Å². The van der Waals surface area contributed by atoms with Crippen molar-refractivity contribution in [1.29, 1.82) is 0 Å². The fourth-order valence-electron chi connectivity index (χ4n) is 4.82. The Labute approximate surface area is 237 Å². The van der Waals surface area contributed by atoms with Gasteiger partial charge in [0.05, 0.1) is 19.9 Å². The molecule has 0 unspecified atom stereocenters. The summed E-state index contributed by atoms with van der Waals surface area (Å²) in [6, 6.07) is 11.3. The summed E-state index contributed by atoms with van der Waals surface area (Å²) in [5.74, 6) is -0.982. The van der Waals surface area contributed by atoms with Gasteiger partial charge in [0.15, 0.2) is 17.2 Å². The van der Waals surface area contributed by atoms with Gasteiger partial charge in [0.2, 0.25) is 5.91 Å². The number of amides is 3. The van der Waals surface area contributed by atoms with Crippen LogP contribution in [0.25, 0.3) is 0 Å². The minimum atomic E-state index is -1.08. The lowest BCUT2D eigenvalue weighted by Crippen LogP contribution is -2.46.